The molecule has 1 aromatic heterocycles. The molecule has 0 spiro atoms. The summed E-state index contributed by atoms with van der Waals surface area (Å²) >= 11 is 1.63. The van der Waals surface area contributed by atoms with E-state index in [-0.39, 0.29) is 17.9 Å². The van der Waals surface area contributed by atoms with Crippen LogP contribution in [0.1, 0.15) is 77.2 Å². The first-order chi connectivity index (χ1) is 20.0. The lowest BCUT2D eigenvalue weighted by Gasteiger charge is -2.40. The Morgan fingerprint density at radius 2 is 1.56 bits per heavy atom. The maximum Gasteiger partial charge on any atom is 0.222 e. The summed E-state index contributed by atoms with van der Waals surface area (Å²) in [6, 6.07) is 18.6. The lowest BCUT2D eigenvalue weighted by atomic mass is 10.1. The number of hydrogen-bond donors (Lipinski definition) is 0. The Labute approximate surface area is 249 Å². The van der Waals surface area contributed by atoms with Gasteiger partial charge in [0.25, 0.3) is 0 Å². The molecule has 0 N–H and O–H groups in total. The quantitative estimate of drug-likeness (QED) is 0.154. The van der Waals surface area contributed by atoms with E-state index in [2.05, 4.69) is 59.8 Å². The summed E-state index contributed by atoms with van der Waals surface area (Å²) in [6.45, 7) is 8.25. The Kier molecular flexibility index (Phi) is 11.8. The van der Waals surface area contributed by atoms with Crippen molar-refractivity contribution < 1.29 is 9.59 Å². The van der Waals surface area contributed by atoms with Crippen molar-refractivity contribution in [1.82, 2.24) is 24.6 Å². The molecule has 3 aromatic rings. The molecule has 8 heteroatoms. The topological polar surface area (TPSA) is 71.3 Å². The predicted molar refractivity (Wildman–Crippen MR) is 167 cm³/mol. The number of carbonyl (C=O) groups excluding carboxylic acids is 2. The molecular weight excluding hydrogens is 530 g/mol. The van der Waals surface area contributed by atoms with Gasteiger partial charge in [-0.1, -0.05) is 98.8 Å². The lowest BCUT2D eigenvalue weighted by Crippen LogP contribution is -2.55. The van der Waals surface area contributed by atoms with Crippen LogP contribution < -0.4 is 0 Å². The third kappa shape index (κ3) is 8.68. The molecular formula is C33H45N5O2S. The van der Waals surface area contributed by atoms with E-state index in [1.807, 2.05) is 40.1 Å². The van der Waals surface area contributed by atoms with Crippen molar-refractivity contribution in [2.24, 2.45) is 0 Å². The fraction of sp³-hybridized carbons (Fsp3) is 0.515. The van der Waals surface area contributed by atoms with Gasteiger partial charge in [-0.2, -0.15) is 0 Å². The van der Waals surface area contributed by atoms with E-state index in [0.29, 0.717) is 32.5 Å². The highest BCUT2D eigenvalue weighted by molar-refractivity contribution is 7.99. The van der Waals surface area contributed by atoms with Crippen molar-refractivity contribution in [3.05, 3.63) is 60.2 Å². The minimum Gasteiger partial charge on any atom is -0.339 e. The number of amides is 2. The van der Waals surface area contributed by atoms with Gasteiger partial charge < -0.3 is 9.80 Å². The van der Waals surface area contributed by atoms with Gasteiger partial charge in [0.15, 0.2) is 11.0 Å². The zero-order valence-electron chi connectivity index (χ0n) is 24.9. The van der Waals surface area contributed by atoms with Crippen LogP contribution >= 0.6 is 11.8 Å². The minimum absolute atomic E-state index is 0.0686. The second-order valence-corrected chi connectivity index (χ2v) is 12.2. The van der Waals surface area contributed by atoms with E-state index in [0.717, 1.165) is 47.2 Å². The first-order valence-electron chi connectivity index (χ1n) is 15.3. The molecule has 0 radical (unpaired) electrons. The number of aromatic nitrogens is 3. The minimum atomic E-state index is 0.0686. The molecule has 2 aromatic carbocycles. The third-order valence-corrected chi connectivity index (χ3v) is 8.78. The molecule has 2 heterocycles. The molecule has 0 saturated carbocycles. The first kappa shape index (κ1) is 30.8. The maximum atomic E-state index is 13.0. The van der Waals surface area contributed by atoms with Crippen LogP contribution in [0, 0.1) is 6.92 Å². The Hall–Kier alpha value is -3.13. The predicted octanol–water partition coefficient (Wildman–Crippen LogP) is 6.92. The summed E-state index contributed by atoms with van der Waals surface area (Å²) in [5.74, 6) is 2.00. The number of carbonyl (C=O) groups is 2. The zero-order chi connectivity index (χ0) is 29.0. The molecule has 4 rings (SSSR count). The van der Waals surface area contributed by atoms with Crippen LogP contribution in [0.15, 0.2) is 59.8 Å². The van der Waals surface area contributed by atoms with Gasteiger partial charge in [0.2, 0.25) is 11.8 Å². The van der Waals surface area contributed by atoms with Gasteiger partial charge in [0, 0.05) is 55.5 Å². The molecule has 1 saturated heterocycles. The monoisotopic (exact) mass is 575 g/mol. The number of nitrogens with zero attached hydrogens (tertiary/aromatic N) is 5. The number of unbranched alkanes of at least 4 members (excludes halogenated alkanes) is 5. The van der Waals surface area contributed by atoms with Crippen LogP contribution in [-0.4, -0.2) is 67.8 Å². The SMILES string of the molecule is CCCCCCCCC(=O)N1CCN(C(=O)CCCSc2nnc(-c3ccccc3)n2-c2ccc(C)cc2)CC1C. The van der Waals surface area contributed by atoms with Crippen molar-refractivity contribution in [2.75, 3.05) is 25.4 Å². The zero-order valence-corrected chi connectivity index (χ0v) is 25.7. The summed E-state index contributed by atoms with van der Waals surface area (Å²) < 4.78 is 2.10. The van der Waals surface area contributed by atoms with Gasteiger partial charge in [-0.25, -0.2) is 0 Å². The molecule has 1 fully saturated rings. The van der Waals surface area contributed by atoms with E-state index in [1.165, 1.54) is 31.2 Å². The first-order valence-corrected chi connectivity index (χ1v) is 16.2. The molecule has 0 bridgehead atoms. The number of rotatable bonds is 14. The molecule has 41 heavy (non-hydrogen) atoms. The molecule has 2 amide bonds. The molecule has 1 unspecified atom stereocenters. The largest absolute Gasteiger partial charge is 0.339 e. The number of hydrogen-bond acceptors (Lipinski definition) is 5. The number of benzene rings is 2. The van der Waals surface area contributed by atoms with Crippen molar-refractivity contribution in [1.29, 1.82) is 0 Å². The normalized spacial score (nSPS) is 15.3. The fourth-order valence-electron chi connectivity index (χ4n) is 5.36. The molecule has 1 aliphatic rings. The van der Waals surface area contributed by atoms with Gasteiger partial charge in [-0.15, -0.1) is 10.2 Å². The van der Waals surface area contributed by atoms with Crippen LogP contribution in [0.2, 0.25) is 0 Å². The number of aryl methyl sites for hydroxylation is 1. The Balaban J connectivity index is 1.25. The number of piperazine rings is 1. The van der Waals surface area contributed by atoms with Gasteiger partial charge in [-0.05, 0) is 38.8 Å². The molecule has 7 nitrogen and oxygen atoms in total. The van der Waals surface area contributed by atoms with Crippen molar-refractivity contribution in [2.45, 2.75) is 89.8 Å². The standard InChI is InChI=1S/C33H45N5O2S/c1-4-5-6-7-8-12-16-31(40)37-23-22-36(25-27(37)3)30(39)17-13-24-41-33-35-34-32(28-14-10-9-11-15-28)38(33)29-20-18-26(2)19-21-29/h9-11,14-15,18-21,27H,4-8,12-13,16-17,22-25H2,1-3H3. The second kappa shape index (κ2) is 15.8. The highest BCUT2D eigenvalue weighted by Gasteiger charge is 2.29. The van der Waals surface area contributed by atoms with Crippen LogP contribution in [0.4, 0.5) is 0 Å². The second-order valence-electron chi connectivity index (χ2n) is 11.1. The average molecular weight is 576 g/mol. The fourth-order valence-corrected chi connectivity index (χ4v) is 6.25. The Morgan fingerprint density at radius 1 is 0.854 bits per heavy atom. The van der Waals surface area contributed by atoms with E-state index in [4.69, 9.17) is 0 Å². The summed E-state index contributed by atoms with van der Waals surface area (Å²) in [4.78, 5) is 29.7. The van der Waals surface area contributed by atoms with E-state index < -0.39 is 0 Å². The molecule has 1 aliphatic heterocycles. The van der Waals surface area contributed by atoms with E-state index >= 15 is 0 Å². The summed E-state index contributed by atoms with van der Waals surface area (Å²) in [7, 11) is 0. The summed E-state index contributed by atoms with van der Waals surface area (Å²) in [5, 5.41) is 9.86. The molecule has 1 atom stereocenters. The highest BCUT2D eigenvalue weighted by Crippen LogP contribution is 2.28. The van der Waals surface area contributed by atoms with E-state index in [1.54, 1.807) is 11.8 Å². The van der Waals surface area contributed by atoms with Gasteiger partial charge >= 0.3 is 0 Å². The van der Waals surface area contributed by atoms with Gasteiger partial charge in [0.05, 0.1) is 0 Å². The van der Waals surface area contributed by atoms with Crippen LogP contribution in [0.5, 0.6) is 0 Å². The van der Waals surface area contributed by atoms with Crippen molar-refractivity contribution in [3.63, 3.8) is 0 Å². The van der Waals surface area contributed by atoms with Crippen LogP contribution in [0.3, 0.4) is 0 Å². The lowest BCUT2D eigenvalue weighted by molar-refractivity contribution is -0.142. The van der Waals surface area contributed by atoms with Crippen LogP contribution in [-0.2, 0) is 9.59 Å². The summed E-state index contributed by atoms with van der Waals surface area (Å²) in [5.41, 5.74) is 3.24. The third-order valence-electron chi connectivity index (χ3n) is 7.77. The highest BCUT2D eigenvalue weighted by atomic mass is 32.2. The maximum absolute atomic E-state index is 13.0. The molecule has 0 aliphatic carbocycles. The smallest absolute Gasteiger partial charge is 0.222 e. The summed E-state index contributed by atoms with van der Waals surface area (Å²) in [6.07, 6.45) is 8.99. The van der Waals surface area contributed by atoms with Gasteiger partial charge in [0.1, 0.15) is 0 Å². The van der Waals surface area contributed by atoms with Crippen molar-refractivity contribution in [3.8, 4) is 17.1 Å². The van der Waals surface area contributed by atoms with Crippen LogP contribution in [0.25, 0.3) is 17.1 Å². The average Bonchev–Trinajstić information content (AvgIpc) is 3.41. The van der Waals surface area contributed by atoms with Gasteiger partial charge in [-0.3, -0.25) is 14.2 Å². The Morgan fingerprint density at radius 3 is 2.29 bits per heavy atom. The van der Waals surface area contributed by atoms with Crippen molar-refractivity contribution >= 4 is 23.6 Å². The Bertz CT molecular complexity index is 1240. The number of thioether (sulfide) groups is 1. The van der Waals surface area contributed by atoms with E-state index in [9.17, 15) is 9.59 Å². The molecule has 220 valence electrons.